The maximum atomic E-state index is 13.5. The zero-order valence-corrected chi connectivity index (χ0v) is 27.8. The highest BCUT2D eigenvalue weighted by Crippen LogP contribution is 2.39. The minimum absolute atomic E-state index is 0.182. The summed E-state index contributed by atoms with van der Waals surface area (Å²) in [4.78, 5) is 29.6. The van der Waals surface area contributed by atoms with Gasteiger partial charge in [-0.3, -0.25) is 14.5 Å². The van der Waals surface area contributed by atoms with Crippen LogP contribution in [0.4, 0.5) is 0 Å². The van der Waals surface area contributed by atoms with Crippen molar-refractivity contribution in [3.8, 4) is 0 Å². The fraction of sp³-hybridized carbons (Fsp3) is 0.297. The maximum absolute atomic E-state index is 13.5. The summed E-state index contributed by atoms with van der Waals surface area (Å²) in [7, 11) is -1.07. The lowest BCUT2D eigenvalue weighted by Gasteiger charge is -2.39. The van der Waals surface area contributed by atoms with Gasteiger partial charge in [0.2, 0.25) is 0 Å². The van der Waals surface area contributed by atoms with Gasteiger partial charge in [0.05, 0.1) is 18.8 Å². The predicted octanol–water partition coefficient (Wildman–Crippen LogP) is 7.59. The molecule has 5 rings (SSSR count). The molecular weight excluding hydrogens is 569 g/mol. The zero-order valence-electron chi connectivity index (χ0n) is 26.1. The van der Waals surface area contributed by atoms with Crippen LogP contribution in [0.2, 0.25) is 0 Å². The molecule has 1 aliphatic rings. The molecule has 0 aromatic heterocycles. The van der Waals surface area contributed by atoms with Gasteiger partial charge in [0, 0.05) is 37.0 Å². The zero-order chi connectivity index (χ0) is 31.0. The van der Waals surface area contributed by atoms with E-state index < -0.39 is 13.5 Å². The third-order valence-electron chi connectivity index (χ3n) is 7.83. The summed E-state index contributed by atoms with van der Waals surface area (Å²) in [5.41, 5.74) is 4.76. The Kier molecular flexibility index (Phi) is 11.5. The molecular formula is C37H42NO3PS. The lowest BCUT2D eigenvalue weighted by molar-refractivity contribution is -0.00430. The Bertz CT molecular complexity index is 1450. The van der Waals surface area contributed by atoms with E-state index in [1.54, 1.807) is 11.8 Å². The van der Waals surface area contributed by atoms with Crippen molar-refractivity contribution in [2.24, 2.45) is 0 Å². The molecule has 0 atom stereocenters. The van der Waals surface area contributed by atoms with Gasteiger partial charge in [-0.2, -0.15) is 0 Å². The number of nitrogens with zero attached hydrogens (tertiary/aromatic N) is 1. The number of aryl methyl sites for hydroxylation is 3. The van der Waals surface area contributed by atoms with E-state index in [0.717, 1.165) is 46.0 Å². The first-order valence-electron chi connectivity index (χ1n) is 14.7. The summed E-state index contributed by atoms with van der Waals surface area (Å²) >= 11 is 1.69. The van der Waals surface area contributed by atoms with E-state index in [0.29, 0.717) is 13.2 Å². The van der Waals surface area contributed by atoms with Crippen molar-refractivity contribution in [2.75, 3.05) is 32.6 Å². The van der Waals surface area contributed by atoms with E-state index in [1.165, 1.54) is 10.5 Å². The molecule has 0 bridgehead atoms. The molecule has 0 spiro atoms. The summed E-state index contributed by atoms with van der Waals surface area (Å²) < 4.78 is 5.35. The van der Waals surface area contributed by atoms with Crippen LogP contribution in [0.3, 0.4) is 0 Å². The second-order valence-corrected chi connectivity index (χ2v) is 14.3. The Hall–Kier alpha value is -3.08. The number of Topliss-reactive ketones (excluding diaryl/α,β-unsaturated/α-hetero) is 1. The molecule has 0 amide bonds. The summed E-state index contributed by atoms with van der Waals surface area (Å²) in [5.74, 6) is 0.182. The number of morpholine rings is 1. The Balaban J connectivity index is 0.000000203. The van der Waals surface area contributed by atoms with Crippen LogP contribution in [-0.2, 0) is 4.74 Å². The average molecular weight is 612 g/mol. The number of thioether (sulfide) groups is 1. The van der Waals surface area contributed by atoms with Gasteiger partial charge in [-0.25, -0.2) is 0 Å². The number of ether oxygens (including phenoxy) is 1. The monoisotopic (exact) mass is 611 g/mol. The smallest absolute Gasteiger partial charge is 0.193 e. The molecule has 0 N–H and O–H groups in total. The van der Waals surface area contributed by atoms with Crippen LogP contribution in [0.5, 0.6) is 0 Å². The van der Waals surface area contributed by atoms with Crippen molar-refractivity contribution in [1.82, 2.24) is 4.90 Å². The van der Waals surface area contributed by atoms with Gasteiger partial charge in [0.25, 0.3) is 0 Å². The molecule has 0 unspecified atom stereocenters. The summed E-state index contributed by atoms with van der Waals surface area (Å²) in [5, 5.41) is 2.20. The van der Waals surface area contributed by atoms with Crippen molar-refractivity contribution in [3.63, 3.8) is 0 Å². The molecule has 1 fully saturated rings. The van der Waals surface area contributed by atoms with E-state index in [-0.39, 0.29) is 11.3 Å². The van der Waals surface area contributed by atoms with Gasteiger partial charge in [0.1, 0.15) is 0 Å². The van der Waals surface area contributed by atoms with E-state index in [2.05, 4.69) is 48.2 Å². The molecule has 0 saturated carbocycles. The van der Waals surface area contributed by atoms with Crippen LogP contribution < -0.4 is 10.6 Å². The maximum Gasteiger partial charge on any atom is 0.193 e. The number of benzene rings is 4. The molecule has 1 heterocycles. The van der Waals surface area contributed by atoms with Crippen molar-refractivity contribution in [3.05, 3.63) is 125 Å². The first-order chi connectivity index (χ1) is 20.6. The molecule has 4 aromatic carbocycles. The minimum atomic E-state index is -1.07. The molecule has 1 aliphatic heterocycles. The SMILES string of the molecule is CSc1ccc(C(=O)C(C)(C)N2CCOCC2)cc1.Cc1cc(C)c(C(=O)P(c2ccccc2)c2ccccc2)c(C)c1. The second-order valence-electron chi connectivity index (χ2n) is 11.3. The van der Waals surface area contributed by atoms with Crippen molar-refractivity contribution in [1.29, 1.82) is 0 Å². The van der Waals surface area contributed by atoms with Gasteiger partial charge in [-0.15, -0.1) is 11.8 Å². The minimum Gasteiger partial charge on any atom is -0.379 e. The van der Waals surface area contributed by atoms with E-state index in [1.807, 2.05) is 94.6 Å². The number of carbonyl (C=O) groups excluding carboxylic acids is 2. The Morgan fingerprint density at radius 3 is 1.72 bits per heavy atom. The number of rotatable bonds is 8. The predicted molar refractivity (Wildman–Crippen MR) is 183 cm³/mol. The lowest BCUT2D eigenvalue weighted by atomic mass is 9.91. The van der Waals surface area contributed by atoms with Gasteiger partial charge < -0.3 is 4.74 Å². The fourth-order valence-electron chi connectivity index (χ4n) is 5.53. The number of ketones is 1. The van der Waals surface area contributed by atoms with Crippen LogP contribution in [0.15, 0.2) is 102 Å². The molecule has 0 aliphatic carbocycles. The second kappa shape index (κ2) is 15.1. The fourth-order valence-corrected chi connectivity index (χ4v) is 8.22. The highest BCUT2D eigenvalue weighted by Gasteiger charge is 2.35. The molecule has 4 aromatic rings. The first kappa shape index (κ1) is 32.8. The largest absolute Gasteiger partial charge is 0.379 e. The first-order valence-corrected chi connectivity index (χ1v) is 17.2. The van der Waals surface area contributed by atoms with Gasteiger partial charge >= 0.3 is 0 Å². The molecule has 43 heavy (non-hydrogen) atoms. The summed E-state index contributed by atoms with van der Waals surface area (Å²) in [6, 6.07) is 32.4. The van der Waals surface area contributed by atoms with Gasteiger partial charge in [-0.05, 0) is 74.7 Å². The van der Waals surface area contributed by atoms with Crippen molar-refractivity contribution >= 4 is 41.6 Å². The third kappa shape index (κ3) is 8.10. The molecule has 6 heteroatoms. The lowest BCUT2D eigenvalue weighted by Crippen LogP contribution is -2.54. The van der Waals surface area contributed by atoms with Crippen LogP contribution >= 0.6 is 19.7 Å². The van der Waals surface area contributed by atoms with E-state index in [9.17, 15) is 9.59 Å². The van der Waals surface area contributed by atoms with Gasteiger partial charge in [-0.1, -0.05) is 90.5 Å². The highest BCUT2D eigenvalue weighted by atomic mass is 32.2. The third-order valence-corrected chi connectivity index (χ3v) is 10.8. The Morgan fingerprint density at radius 1 is 0.767 bits per heavy atom. The van der Waals surface area contributed by atoms with Crippen LogP contribution in [0, 0.1) is 20.8 Å². The Morgan fingerprint density at radius 2 is 1.26 bits per heavy atom. The normalized spacial score (nSPS) is 13.7. The van der Waals surface area contributed by atoms with E-state index >= 15 is 0 Å². The average Bonchev–Trinajstić information content (AvgIpc) is 3.02. The van der Waals surface area contributed by atoms with Crippen LogP contribution in [0.25, 0.3) is 0 Å². The molecule has 224 valence electrons. The summed E-state index contributed by atoms with van der Waals surface area (Å²) in [6.07, 6.45) is 2.04. The molecule has 0 radical (unpaired) electrons. The highest BCUT2D eigenvalue weighted by molar-refractivity contribution is 7.98. The van der Waals surface area contributed by atoms with Crippen LogP contribution in [-0.4, -0.2) is 54.3 Å². The topological polar surface area (TPSA) is 46.6 Å². The molecule has 4 nitrogen and oxygen atoms in total. The standard InChI is InChI=1S/C22H21OP.C15H21NO2S/c1-16-14-17(2)21(18(3)15-16)22(23)24(19-10-6-4-7-11-19)20-12-8-5-9-13-20;1-15(2,16-8-10-18-11-9-16)14(17)12-4-6-13(19-3)7-5-12/h4-15H,1-3H3;4-7H,8-11H2,1-3H3. The quantitative estimate of drug-likeness (QED) is 0.117. The van der Waals surface area contributed by atoms with Crippen molar-refractivity contribution < 1.29 is 14.3 Å². The van der Waals surface area contributed by atoms with Crippen molar-refractivity contribution in [2.45, 2.75) is 45.1 Å². The van der Waals surface area contributed by atoms with Gasteiger partial charge in [0.15, 0.2) is 11.3 Å². The number of hydrogen-bond acceptors (Lipinski definition) is 5. The Labute approximate surface area is 262 Å². The van der Waals surface area contributed by atoms with Crippen LogP contribution in [0.1, 0.15) is 51.3 Å². The number of hydrogen-bond donors (Lipinski definition) is 0. The summed E-state index contributed by atoms with van der Waals surface area (Å²) in [6.45, 7) is 13.2. The molecule has 1 saturated heterocycles. The van der Waals surface area contributed by atoms with E-state index in [4.69, 9.17) is 4.74 Å². The number of carbonyl (C=O) groups is 2.